The molecule has 2 aliphatic rings. The lowest BCUT2D eigenvalue weighted by Gasteiger charge is -2.46. The maximum atomic E-state index is 3.86. The zero-order chi connectivity index (χ0) is 13.7. The number of hydrogen-bond acceptors (Lipinski definition) is 2. The van der Waals surface area contributed by atoms with Crippen molar-refractivity contribution in [2.45, 2.75) is 77.8 Å². The monoisotopic (exact) mass is 266 g/mol. The summed E-state index contributed by atoms with van der Waals surface area (Å²) in [6.45, 7) is 11.1. The Morgan fingerprint density at radius 2 is 1.68 bits per heavy atom. The zero-order valence-electron chi connectivity index (χ0n) is 13.3. The van der Waals surface area contributed by atoms with Gasteiger partial charge in [-0.25, -0.2) is 0 Å². The topological polar surface area (TPSA) is 15.3 Å². The molecule has 0 aromatic heterocycles. The number of likely N-dealkylation sites (tertiary alicyclic amines) is 1. The molecule has 2 rings (SSSR count). The van der Waals surface area contributed by atoms with Crippen molar-refractivity contribution in [2.24, 2.45) is 11.8 Å². The Bertz CT molecular complexity index is 246. The molecule has 0 radical (unpaired) electrons. The first-order chi connectivity index (χ1) is 9.22. The Hall–Kier alpha value is -0.0800. The van der Waals surface area contributed by atoms with Gasteiger partial charge in [0.2, 0.25) is 0 Å². The molecule has 1 aliphatic heterocycles. The second-order valence-corrected chi connectivity index (χ2v) is 7.06. The van der Waals surface area contributed by atoms with Crippen molar-refractivity contribution in [3.05, 3.63) is 0 Å². The van der Waals surface area contributed by atoms with E-state index in [1.165, 1.54) is 64.6 Å². The van der Waals surface area contributed by atoms with E-state index in [9.17, 15) is 0 Å². The molecule has 2 fully saturated rings. The molecular formula is C17H34N2. The average Bonchev–Trinajstić information content (AvgIpc) is 2.64. The van der Waals surface area contributed by atoms with Crippen LogP contribution in [-0.4, -0.2) is 36.6 Å². The second-order valence-electron chi connectivity index (χ2n) is 7.06. The summed E-state index contributed by atoms with van der Waals surface area (Å²) < 4.78 is 0. The van der Waals surface area contributed by atoms with Crippen molar-refractivity contribution >= 4 is 0 Å². The number of rotatable bonds is 4. The minimum absolute atomic E-state index is 0.733. The third kappa shape index (κ3) is 4.19. The van der Waals surface area contributed by atoms with Crippen LogP contribution in [0.25, 0.3) is 0 Å². The molecule has 0 aromatic carbocycles. The predicted molar refractivity (Wildman–Crippen MR) is 83.5 cm³/mol. The summed E-state index contributed by atoms with van der Waals surface area (Å²) in [5.41, 5.74) is 0. The molecule has 1 saturated heterocycles. The molecule has 1 saturated carbocycles. The van der Waals surface area contributed by atoms with Crippen LogP contribution in [0.4, 0.5) is 0 Å². The van der Waals surface area contributed by atoms with E-state index < -0.39 is 0 Å². The summed E-state index contributed by atoms with van der Waals surface area (Å²) in [7, 11) is 0. The van der Waals surface area contributed by atoms with Crippen LogP contribution in [0.1, 0.15) is 65.7 Å². The summed E-state index contributed by atoms with van der Waals surface area (Å²) >= 11 is 0. The molecule has 2 heteroatoms. The van der Waals surface area contributed by atoms with E-state index in [1.54, 1.807) is 0 Å². The van der Waals surface area contributed by atoms with E-state index in [4.69, 9.17) is 0 Å². The van der Waals surface area contributed by atoms with Crippen molar-refractivity contribution < 1.29 is 0 Å². The van der Waals surface area contributed by atoms with Crippen LogP contribution in [0, 0.1) is 11.8 Å². The van der Waals surface area contributed by atoms with E-state index in [0.29, 0.717) is 0 Å². The standard InChI is InChI=1S/C17H34N2/c1-4-9-18-16-13-14(2)12-15(3)17(16)19-10-7-5-6-8-11-19/h14-18H,4-13H2,1-3H3. The summed E-state index contributed by atoms with van der Waals surface area (Å²) in [6.07, 6.45) is 9.78. The first-order valence-corrected chi connectivity index (χ1v) is 8.69. The van der Waals surface area contributed by atoms with Crippen molar-refractivity contribution in [3.8, 4) is 0 Å². The van der Waals surface area contributed by atoms with Gasteiger partial charge in [0.25, 0.3) is 0 Å². The Labute approximate surface area is 120 Å². The normalized spacial score (nSPS) is 38.1. The quantitative estimate of drug-likeness (QED) is 0.835. The smallest absolute Gasteiger partial charge is 0.0275 e. The Morgan fingerprint density at radius 3 is 2.32 bits per heavy atom. The number of nitrogens with zero attached hydrogens (tertiary/aromatic N) is 1. The summed E-state index contributed by atoms with van der Waals surface area (Å²) in [5.74, 6) is 1.75. The van der Waals surface area contributed by atoms with E-state index in [-0.39, 0.29) is 0 Å². The first-order valence-electron chi connectivity index (χ1n) is 8.69. The van der Waals surface area contributed by atoms with Crippen LogP contribution in [0.5, 0.6) is 0 Å². The van der Waals surface area contributed by atoms with Gasteiger partial charge in [-0.2, -0.15) is 0 Å². The highest BCUT2D eigenvalue weighted by molar-refractivity contribution is 4.94. The van der Waals surface area contributed by atoms with Gasteiger partial charge < -0.3 is 5.32 Å². The van der Waals surface area contributed by atoms with Gasteiger partial charge in [0.05, 0.1) is 0 Å². The van der Waals surface area contributed by atoms with Gasteiger partial charge in [-0.3, -0.25) is 4.90 Å². The molecule has 1 aliphatic carbocycles. The lowest BCUT2D eigenvalue weighted by molar-refractivity contribution is 0.0637. The van der Waals surface area contributed by atoms with Crippen molar-refractivity contribution in [1.82, 2.24) is 10.2 Å². The molecule has 4 unspecified atom stereocenters. The average molecular weight is 266 g/mol. The Balaban J connectivity index is 2.02. The van der Waals surface area contributed by atoms with Crippen LogP contribution >= 0.6 is 0 Å². The SMILES string of the molecule is CCCNC1CC(C)CC(C)C1N1CCCCCC1. The molecule has 112 valence electrons. The highest BCUT2D eigenvalue weighted by Crippen LogP contribution is 2.33. The van der Waals surface area contributed by atoms with Gasteiger partial charge in [0.1, 0.15) is 0 Å². The maximum Gasteiger partial charge on any atom is 0.0275 e. The largest absolute Gasteiger partial charge is 0.312 e. The van der Waals surface area contributed by atoms with Gasteiger partial charge in [-0.1, -0.05) is 33.6 Å². The molecule has 1 N–H and O–H groups in total. The Morgan fingerprint density at radius 1 is 1.00 bits per heavy atom. The van der Waals surface area contributed by atoms with E-state index in [0.717, 1.165) is 23.9 Å². The number of hydrogen-bond donors (Lipinski definition) is 1. The fourth-order valence-corrected chi connectivity index (χ4v) is 4.38. The minimum atomic E-state index is 0.733. The first kappa shape index (κ1) is 15.3. The molecule has 1 heterocycles. The van der Waals surface area contributed by atoms with Crippen LogP contribution < -0.4 is 5.32 Å². The van der Waals surface area contributed by atoms with Gasteiger partial charge in [-0.15, -0.1) is 0 Å². The van der Waals surface area contributed by atoms with Crippen LogP contribution in [0.15, 0.2) is 0 Å². The molecule has 4 atom stereocenters. The maximum absolute atomic E-state index is 3.86. The predicted octanol–water partition coefficient (Wildman–Crippen LogP) is 3.67. The minimum Gasteiger partial charge on any atom is -0.312 e. The molecular weight excluding hydrogens is 232 g/mol. The van der Waals surface area contributed by atoms with Gasteiger partial charge in [-0.05, 0) is 63.6 Å². The molecule has 0 aromatic rings. The van der Waals surface area contributed by atoms with Gasteiger partial charge in [0.15, 0.2) is 0 Å². The lowest BCUT2D eigenvalue weighted by atomic mass is 9.75. The third-order valence-electron chi connectivity index (χ3n) is 5.14. The lowest BCUT2D eigenvalue weighted by Crippen LogP contribution is -2.56. The Kier molecular flexibility index (Phi) is 6.15. The van der Waals surface area contributed by atoms with Gasteiger partial charge in [0, 0.05) is 12.1 Å². The molecule has 0 amide bonds. The van der Waals surface area contributed by atoms with E-state index in [2.05, 4.69) is 31.0 Å². The third-order valence-corrected chi connectivity index (χ3v) is 5.14. The highest BCUT2D eigenvalue weighted by Gasteiger charge is 2.37. The molecule has 2 nitrogen and oxygen atoms in total. The van der Waals surface area contributed by atoms with Crippen molar-refractivity contribution in [3.63, 3.8) is 0 Å². The zero-order valence-corrected chi connectivity index (χ0v) is 13.3. The van der Waals surface area contributed by atoms with Crippen LogP contribution in [-0.2, 0) is 0 Å². The molecule has 0 spiro atoms. The van der Waals surface area contributed by atoms with Crippen LogP contribution in [0.3, 0.4) is 0 Å². The fraction of sp³-hybridized carbons (Fsp3) is 1.00. The van der Waals surface area contributed by atoms with E-state index in [1.807, 2.05) is 0 Å². The summed E-state index contributed by atoms with van der Waals surface area (Å²) in [4.78, 5) is 2.83. The van der Waals surface area contributed by atoms with Crippen LogP contribution in [0.2, 0.25) is 0 Å². The van der Waals surface area contributed by atoms with Crippen molar-refractivity contribution in [2.75, 3.05) is 19.6 Å². The second kappa shape index (κ2) is 7.64. The highest BCUT2D eigenvalue weighted by atomic mass is 15.2. The summed E-state index contributed by atoms with van der Waals surface area (Å²) in [6, 6.07) is 1.53. The summed E-state index contributed by atoms with van der Waals surface area (Å²) in [5, 5.41) is 3.86. The fourth-order valence-electron chi connectivity index (χ4n) is 4.38. The van der Waals surface area contributed by atoms with Crippen molar-refractivity contribution in [1.29, 1.82) is 0 Å². The van der Waals surface area contributed by atoms with E-state index >= 15 is 0 Å². The molecule has 0 bridgehead atoms. The van der Waals surface area contributed by atoms with Gasteiger partial charge >= 0.3 is 0 Å². The molecule has 19 heavy (non-hydrogen) atoms. The number of nitrogens with one attached hydrogen (secondary N) is 1.